The lowest BCUT2D eigenvalue weighted by atomic mass is 10.1. The van der Waals surface area contributed by atoms with Crippen molar-refractivity contribution < 1.29 is 26.7 Å². The number of nitrogens with zero attached hydrogens (tertiary/aromatic N) is 2. The Labute approximate surface area is 239 Å². The van der Waals surface area contributed by atoms with Crippen molar-refractivity contribution in [2.24, 2.45) is 0 Å². The summed E-state index contributed by atoms with van der Waals surface area (Å²) >= 11 is 5.95. The Kier molecular flexibility index (Phi) is 11.1. The van der Waals surface area contributed by atoms with Gasteiger partial charge in [-0.1, -0.05) is 35.9 Å². The zero-order valence-corrected chi connectivity index (χ0v) is 24.3. The molecule has 214 valence electrons. The number of hydrogen-bond donors (Lipinski definition) is 0. The predicted octanol–water partition coefficient (Wildman–Crippen LogP) is 7.16. The van der Waals surface area contributed by atoms with Crippen LogP contribution in [-0.4, -0.2) is 38.9 Å². The van der Waals surface area contributed by atoms with Crippen molar-refractivity contribution in [3.8, 4) is 5.75 Å². The molecule has 0 N–H and O–H groups in total. The highest BCUT2D eigenvalue weighted by Gasteiger charge is 2.34. The van der Waals surface area contributed by atoms with Crippen molar-refractivity contribution in [2.75, 3.05) is 24.0 Å². The topological polar surface area (TPSA) is 66.9 Å². The molecule has 40 heavy (non-hydrogen) atoms. The summed E-state index contributed by atoms with van der Waals surface area (Å²) in [5.41, 5.74) is 0.0462. The molecular formula is C30H33ClF2N2O4S. The van der Waals surface area contributed by atoms with E-state index in [4.69, 9.17) is 16.3 Å². The standard InChI is InChI=1S/C30H33ClF2N2O4S/c1-4-10-30(36)34(5-2)19-8-9-20-39-29-12-7-6-11-26(29)22(3)35(28-21-24(32)15-18-27(28)33)40(37,38)25-16-13-23(31)14-17-25/h4,6-7,10-18,21-22H,5,8-9,19-20H2,1-3H3/b10-4+. The number of carbonyl (C=O) groups is 1. The summed E-state index contributed by atoms with van der Waals surface area (Å²) in [4.78, 5) is 13.7. The van der Waals surface area contributed by atoms with E-state index in [0.717, 1.165) is 22.5 Å². The van der Waals surface area contributed by atoms with E-state index in [2.05, 4.69) is 0 Å². The first-order chi connectivity index (χ1) is 19.1. The van der Waals surface area contributed by atoms with Crippen LogP contribution in [0.5, 0.6) is 5.75 Å². The van der Waals surface area contributed by atoms with Gasteiger partial charge in [0.1, 0.15) is 17.4 Å². The number of unbranched alkanes of at least 4 members (excludes halogenated alkanes) is 1. The van der Waals surface area contributed by atoms with Gasteiger partial charge in [0.05, 0.1) is 23.2 Å². The van der Waals surface area contributed by atoms with Gasteiger partial charge in [0, 0.05) is 29.7 Å². The Morgan fingerprint density at radius 1 is 1.05 bits per heavy atom. The first-order valence-corrected chi connectivity index (χ1v) is 14.8. The minimum absolute atomic E-state index is 0.0448. The fraction of sp³-hybridized carbons (Fsp3) is 0.300. The number of halogens is 3. The average molecular weight is 591 g/mol. The van der Waals surface area contributed by atoms with Crippen molar-refractivity contribution in [3.05, 3.63) is 101 Å². The fourth-order valence-electron chi connectivity index (χ4n) is 4.26. The van der Waals surface area contributed by atoms with E-state index < -0.39 is 33.4 Å². The zero-order valence-electron chi connectivity index (χ0n) is 22.7. The number of benzene rings is 3. The second-order valence-corrected chi connectivity index (χ2v) is 11.3. The molecule has 1 amide bonds. The minimum Gasteiger partial charge on any atom is -0.493 e. The normalized spacial score (nSPS) is 12.3. The largest absolute Gasteiger partial charge is 0.493 e. The zero-order chi connectivity index (χ0) is 29.3. The van der Waals surface area contributed by atoms with E-state index in [1.165, 1.54) is 30.3 Å². The second kappa shape index (κ2) is 14.3. The molecule has 0 aromatic heterocycles. The fourth-order valence-corrected chi connectivity index (χ4v) is 6.03. The number of amides is 1. The van der Waals surface area contributed by atoms with E-state index in [0.29, 0.717) is 48.9 Å². The summed E-state index contributed by atoms with van der Waals surface area (Å²) in [6.07, 6.45) is 4.59. The van der Waals surface area contributed by atoms with E-state index in [9.17, 15) is 17.6 Å². The molecule has 0 aliphatic heterocycles. The lowest BCUT2D eigenvalue weighted by Crippen LogP contribution is -2.34. The van der Waals surface area contributed by atoms with Crippen molar-refractivity contribution in [1.82, 2.24) is 4.90 Å². The monoisotopic (exact) mass is 590 g/mol. The highest BCUT2D eigenvalue weighted by Crippen LogP contribution is 2.38. The average Bonchev–Trinajstić information content (AvgIpc) is 2.93. The number of anilines is 1. The van der Waals surface area contributed by atoms with Crippen LogP contribution < -0.4 is 9.04 Å². The molecule has 0 aliphatic rings. The highest BCUT2D eigenvalue weighted by molar-refractivity contribution is 7.92. The number of hydrogen-bond acceptors (Lipinski definition) is 4. The first kappa shape index (κ1) is 31.1. The molecule has 0 radical (unpaired) electrons. The van der Waals surface area contributed by atoms with Crippen LogP contribution in [0.1, 0.15) is 45.2 Å². The summed E-state index contributed by atoms with van der Waals surface area (Å²) in [5.74, 6) is -1.30. The van der Waals surface area contributed by atoms with E-state index in [-0.39, 0.29) is 10.8 Å². The number of sulfonamides is 1. The summed E-state index contributed by atoms with van der Waals surface area (Å²) in [6.45, 7) is 6.79. The second-order valence-electron chi connectivity index (χ2n) is 9.04. The lowest BCUT2D eigenvalue weighted by molar-refractivity contribution is -0.125. The van der Waals surface area contributed by atoms with Crippen LogP contribution in [0.2, 0.25) is 5.02 Å². The Bertz CT molecular complexity index is 1430. The molecule has 0 fully saturated rings. The lowest BCUT2D eigenvalue weighted by Gasteiger charge is -2.32. The molecule has 0 spiro atoms. The quantitative estimate of drug-likeness (QED) is 0.156. The SMILES string of the molecule is C/C=C/C(=O)N(CC)CCCCOc1ccccc1C(C)N(c1cc(F)ccc1F)S(=O)(=O)c1ccc(Cl)cc1. The van der Waals surface area contributed by atoms with Crippen LogP contribution in [0.3, 0.4) is 0 Å². The maximum Gasteiger partial charge on any atom is 0.264 e. The van der Waals surface area contributed by atoms with Crippen LogP contribution in [0, 0.1) is 11.6 Å². The van der Waals surface area contributed by atoms with Gasteiger partial charge in [-0.05, 0) is 82.2 Å². The van der Waals surface area contributed by atoms with Gasteiger partial charge < -0.3 is 9.64 Å². The van der Waals surface area contributed by atoms with Crippen molar-refractivity contribution in [3.63, 3.8) is 0 Å². The van der Waals surface area contributed by atoms with Gasteiger partial charge in [-0.2, -0.15) is 0 Å². The maximum absolute atomic E-state index is 15.0. The molecule has 6 nitrogen and oxygen atoms in total. The van der Waals surface area contributed by atoms with E-state index >= 15 is 4.39 Å². The Hall–Kier alpha value is -3.43. The van der Waals surface area contributed by atoms with Crippen molar-refractivity contribution in [1.29, 1.82) is 0 Å². The van der Waals surface area contributed by atoms with Crippen LogP contribution in [0.15, 0.2) is 83.8 Å². The summed E-state index contributed by atoms with van der Waals surface area (Å²) in [6, 6.07) is 14.1. The van der Waals surface area contributed by atoms with Gasteiger partial charge >= 0.3 is 0 Å². The van der Waals surface area contributed by atoms with Crippen LogP contribution >= 0.6 is 11.6 Å². The van der Waals surface area contributed by atoms with Gasteiger partial charge in [-0.3, -0.25) is 9.10 Å². The molecule has 0 saturated carbocycles. The third-order valence-electron chi connectivity index (χ3n) is 6.32. The molecular weight excluding hydrogens is 558 g/mol. The first-order valence-electron chi connectivity index (χ1n) is 13.0. The Balaban J connectivity index is 1.88. The molecule has 0 aliphatic carbocycles. The highest BCUT2D eigenvalue weighted by atomic mass is 35.5. The number of ether oxygens (including phenoxy) is 1. The van der Waals surface area contributed by atoms with Crippen LogP contribution in [-0.2, 0) is 14.8 Å². The smallest absolute Gasteiger partial charge is 0.264 e. The predicted molar refractivity (Wildman–Crippen MR) is 154 cm³/mol. The molecule has 0 bridgehead atoms. The molecule has 0 saturated heterocycles. The third-order valence-corrected chi connectivity index (χ3v) is 8.47. The van der Waals surface area contributed by atoms with Crippen LogP contribution in [0.4, 0.5) is 14.5 Å². The summed E-state index contributed by atoms with van der Waals surface area (Å²) in [5, 5.41) is 0.336. The number of rotatable bonds is 13. The molecule has 3 rings (SSSR count). The molecule has 1 atom stereocenters. The molecule has 10 heteroatoms. The molecule has 1 unspecified atom stereocenters. The van der Waals surface area contributed by atoms with Crippen LogP contribution in [0.25, 0.3) is 0 Å². The Morgan fingerprint density at radius 3 is 2.42 bits per heavy atom. The molecule has 3 aromatic rings. The number of carbonyl (C=O) groups excluding carboxylic acids is 1. The van der Waals surface area contributed by atoms with Crippen molar-refractivity contribution in [2.45, 2.75) is 44.6 Å². The molecule has 3 aromatic carbocycles. The minimum atomic E-state index is -4.36. The number of allylic oxidation sites excluding steroid dienone is 1. The van der Waals surface area contributed by atoms with E-state index in [1.54, 1.807) is 49.1 Å². The van der Waals surface area contributed by atoms with Gasteiger partial charge in [0.25, 0.3) is 10.0 Å². The third kappa shape index (κ3) is 7.61. The van der Waals surface area contributed by atoms with Crippen molar-refractivity contribution >= 4 is 33.2 Å². The molecule has 0 heterocycles. The number of para-hydroxylation sites is 1. The summed E-state index contributed by atoms with van der Waals surface area (Å²) < 4.78 is 63.9. The van der Waals surface area contributed by atoms with Gasteiger partial charge in [-0.25, -0.2) is 17.2 Å². The van der Waals surface area contributed by atoms with Gasteiger partial charge in [-0.15, -0.1) is 0 Å². The Morgan fingerprint density at radius 2 is 1.75 bits per heavy atom. The van der Waals surface area contributed by atoms with Gasteiger partial charge in [0.15, 0.2) is 0 Å². The van der Waals surface area contributed by atoms with Gasteiger partial charge in [0.2, 0.25) is 5.91 Å². The summed E-state index contributed by atoms with van der Waals surface area (Å²) in [7, 11) is -4.36. The maximum atomic E-state index is 15.0. The number of likely N-dealkylation sites (N-methyl/N-ethyl adjacent to an activating group) is 1. The van der Waals surface area contributed by atoms with E-state index in [1.807, 2.05) is 6.92 Å².